The summed E-state index contributed by atoms with van der Waals surface area (Å²) in [6.45, 7) is 4.06. The van der Waals surface area contributed by atoms with E-state index in [0.717, 1.165) is 16.7 Å². The van der Waals surface area contributed by atoms with Crippen LogP contribution < -0.4 is 0 Å². The van der Waals surface area contributed by atoms with Gasteiger partial charge in [0.1, 0.15) is 0 Å². The Morgan fingerprint density at radius 2 is 1.35 bits per heavy atom. The molecule has 4 heteroatoms. The van der Waals surface area contributed by atoms with Gasteiger partial charge in [0.25, 0.3) is 0 Å². The van der Waals surface area contributed by atoms with Crippen LogP contribution in [0.3, 0.4) is 0 Å². The van der Waals surface area contributed by atoms with Gasteiger partial charge in [-0.2, -0.15) is 0 Å². The van der Waals surface area contributed by atoms with Crippen LogP contribution >= 0.6 is 0 Å². The molecule has 0 aromatic heterocycles. The van der Waals surface area contributed by atoms with Crippen molar-refractivity contribution in [1.29, 1.82) is 0 Å². The highest BCUT2D eigenvalue weighted by molar-refractivity contribution is 5.95. The van der Waals surface area contributed by atoms with Crippen LogP contribution in [0.1, 0.15) is 37.0 Å². The fraction of sp³-hybridized carbons (Fsp3) is 0.259. The normalized spacial score (nSPS) is 17.6. The van der Waals surface area contributed by atoms with E-state index in [1.165, 1.54) is 4.90 Å². The van der Waals surface area contributed by atoms with Crippen LogP contribution in [0.15, 0.2) is 91.0 Å². The van der Waals surface area contributed by atoms with Crippen LogP contribution in [-0.2, 0) is 21.6 Å². The number of ether oxygens (including phenoxy) is 1. The van der Waals surface area contributed by atoms with Crippen molar-refractivity contribution in [2.24, 2.45) is 5.92 Å². The summed E-state index contributed by atoms with van der Waals surface area (Å²) in [5.74, 6) is -0.214. The Hall–Kier alpha value is -3.40. The van der Waals surface area contributed by atoms with Crippen molar-refractivity contribution >= 4 is 12.0 Å². The standard InChI is InChI=1S/C27H27NO3/c1-20(2)25-27(22-14-8-4-9-15-22,23-16-10-5-11-17-23)31-26(30)28(25)24(29)19-18-21-12-6-3-7-13-21/h3-17,20,25H,18-19H2,1-2H3/t25-/m0/s1. The highest BCUT2D eigenvalue weighted by atomic mass is 16.6. The summed E-state index contributed by atoms with van der Waals surface area (Å²) < 4.78 is 6.15. The van der Waals surface area contributed by atoms with Crippen LogP contribution in [-0.4, -0.2) is 22.9 Å². The molecule has 0 N–H and O–H groups in total. The molecule has 1 saturated heterocycles. The summed E-state index contributed by atoms with van der Waals surface area (Å²) in [7, 11) is 0. The van der Waals surface area contributed by atoms with E-state index in [-0.39, 0.29) is 18.2 Å². The van der Waals surface area contributed by atoms with Crippen LogP contribution in [0.4, 0.5) is 4.79 Å². The van der Waals surface area contributed by atoms with Crippen molar-refractivity contribution < 1.29 is 14.3 Å². The second kappa shape index (κ2) is 8.76. The minimum Gasteiger partial charge on any atom is -0.430 e. The van der Waals surface area contributed by atoms with Crippen molar-refractivity contribution in [3.05, 3.63) is 108 Å². The zero-order valence-electron chi connectivity index (χ0n) is 17.9. The monoisotopic (exact) mass is 413 g/mol. The molecule has 1 heterocycles. The lowest BCUT2D eigenvalue weighted by Crippen LogP contribution is -2.49. The van der Waals surface area contributed by atoms with E-state index < -0.39 is 17.7 Å². The maximum atomic E-state index is 13.3. The lowest BCUT2D eigenvalue weighted by atomic mass is 9.75. The van der Waals surface area contributed by atoms with Gasteiger partial charge in [-0.25, -0.2) is 9.69 Å². The molecule has 0 unspecified atom stereocenters. The molecule has 1 aliphatic rings. The molecule has 1 atom stereocenters. The van der Waals surface area contributed by atoms with Gasteiger partial charge in [0.05, 0.1) is 6.04 Å². The van der Waals surface area contributed by atoms with Gasteiger partial charge in [0, 0.05) is 17.5 Å². The third-order valence-corrected chi connectivity index (χ3v) is 5.92. The Labute approximate surface area is 183 Å². The highest BCUT2D eigenvalue weighted by Gasteiger charge is 2.59. The molecular weight excluding hydrogens is 386 g/mol. The van der Waals surface area contributed by atoms with Gasteiger partial charge in [-0.05, 0) is 17.9 Å². The summed E-state index contributed by atoms with van der Waals surface area (Å²) in [6, 6.07) is 28.9. The van der Waals surface area contributed by atoms with Crippen molar-refractivity contribution in [2.45, 2.75) is 38.3 Å². The fourth-order valence-corrected chi connectivity index (χ4v) is 4.58. The average molecular weight is 414 g/mol. The van der Waals surface area contributed by atoms with Gasteiger partial charge >= 0.3 is 6.09 Å². The van der Waals surface area contributed by atoms with Crippen LogP contribution in [0.2, 0.25) is 0 Å². The summed E-state index contributed by atoms with van der Waals surface area (Å²) in [4.78, 5) is 27.9. The van der Waals surface area contributed by atoms with Crippen molar-refractivity contribution in [3.63, 3.8) is 0 Å². The number of carbonyl (C=O) groups excluding carboxylic acids is 2. The first-order chi connectivity index (χ1) is 15.0. The summed E-state index contributed by atoms with van der Waals surface area (Å²) in [5, 5.41) is 0. The number of imide groups is 1. The van der Waals surface area contributed by atoms with Gasteiger partial charge < -0.3 is 4.74 Å². The number of benzene rings is 3. The minimum atomic E-state index is -1.05. The second-order valence-corrected chi connectivity index (χ2v) is 8.27. The van der Waals surface area contributed by atoms with Gasteiger partial charge in [-0.15, -0.1) is 0 Å². The van der Waals surface area contributed by atoms with E-state index in [2.05, 4.69) is 0 Å². The molecule has 0 radical (unpaired) electrons. The first-order valence-electron chi connectivity index (χ1n) is 10.7. The van der Waals surface area contributed by atoms with E-state index >= 15 is 0 Å². The maximum absolute atomic E-state index is 13.3. The largest absolute Gasteiger partial charge is 0.430 e. The second-order valence-electron chi connectivity index (χ2n) is 8.27. The number of hydrogen-bond donors (Lipinski definition) is 0. The van der Waals surface area contributed by atoms with E-state index in [1.54, 1.807) is 0 Å². The van der Waals surface area contributed by atoms with Crippen LogP contribution in [0.5, 0.6) is 0 Å². The van der Waals surface area contributed by atoms with Gasteiger partial charge in [0.2, 0.25) is 5.91 Å². The Balaban J connectivity index is 1.75. The molecule has 0 saturated carbocycles. The molecule has 3 aromatic carbocycles. The number of hydrogen-bond acceptors (Lipinski definition) is 3. The topological polar surface area (TPSA) is 46.6 Å². The molecule has 4 rings (SSSR count). The third kappa shape index (κ3) is 3.86. The Bertz CT molecular complexity index is 992. The molecule has 0 aliphatic carbocycles. The predicted octanol–water partition coefficient (Wildman–Crippen LogP) is 5.57. The van der Waals surface area contributed by atoms with Crippen molar-refractivity contribution in [1.82, 2.24) is 4.90 Å². The van der Waals surface area contributed by atoms with E-state index in [4.69, 9.17) is 4.74 Å². The van der Waals surface area contributed by atoms with Crippen molar-refractivity contribution in [2.75, 3.05) is 0 Å². The smallest absolute Gasteiger partial charge is 0.418 e. The molecular formula is C27H27NO3. The summed E-state index contributed by atoms with van der Waals surface area (Å²) in [6.07, 6.45) is 0.254. The third-order valence-electron chi connectivity index (χ3n) is 5.92. The van der Waals surface area contributed by atoms with Gasteiger partial charge in [-0.3, -0.25) is 4.79 Å². The predicted molar refractivity (Wildman–Crippen MR) is 120 cm³/mol. The Kier molecular flexibility index (Phi) is 5.90. The number of rotatable bonds is 6. The molecule has 0 bridgehead atoms. The van der Waals surface area contributed by atoms with E-state index in [1.807, 2.05) is 105 Å². The molecule has 158 valence electrons. The van der Waals surface area contributed by atoms with E-state index in [9.17, 15) is 9.59 Å². The summed E-state index contributed by atoms with van der Waals surface area (Å²) >= 11 is 0. The molecule has 31 heavy (non-hydrogen) atoms. The Morgan fingerprint density at radius 1 is 0.871 bits per heavy atom. The van der Waals surface area contributed by atoms with E-state index in [0.29, 0.717) is 6.42 Å². The Morgan fingerprint density at radius 3 is 1.84 bits per heavy atom. The lowest BCUT2D eigenvalue weighted by Gasteiger charge is -2.37. The maximum Gasteiger partial charge on any atom is 0.418 e. The molecule has 2 amide bonds. The number of aryl methyl sites for hydroxylation is 1. The number of amides is 2. The zero-order chi connectivity index (χ0) is 21.8. The first kappa shape index (κ1) is 20.9. The molecule has 4 nitrogen and oxygen atoms in total. The average Bonchev–Trinajstić information content (AvgIpc) is 3.13. The lowest BCUT2D eigenvalue weighted by molar-refractivity contribution is -0.130. The van der Waals surface area contributed by atoms with Crippen LogP contribution in [0.25, 0.3) is 0 Å². The number of carbonyl (C=O) groups is 2. The first-order valence-corrected chi connectivity index (χ1v) is 10.7. The van der Waals surface area contributed by atoms with Gasteiger partial charge in [0.15, 0.2) is 5.60 Å². The van der Waals surface area contributed by atoms with Crippen LogP contribution in [0, 0.1) is 5.92 Å². The fourth-order valence-electron chi connectivity index (χ4n) is 4.58. The molecule has 3 aromatic rings. The molecule has 0 spiro atoms. The molecule has 1 fully saturated rings. The number of nitrogens with zero attached hydrogens (tertiary/aromatic N) is 1. The zero-order valence-corrected chi connectivity index (χ0v) is 17.9. The highest BCUT2D eigenvalue weighted by Crippen LogP contribution is 2.47. The minimum absolute atomic E-state index is 0.00691. The van der Waals surface area contributed by atoms with Crippen molar-refractivity contribution in [3.8, 4) is 0 Å². The SMILES string of the molecule is CC(C)[C@@H]1N(C(=O)CCc2ccccc2)C(=O)OC1(c1ccccc1)c1ccccc1. The molecule has 1 aliphatic heterocycles. The number of cyclic esters (lactones) is 1. The summed E-state index contributed by atoms with van der Waals surface area (Å²) in [5.41, 5.74) is 1.76. The van der Waals surface area contributed by atoms with Gasteiger partial charge in [-0.1, -0.05) is 105 Å². The quantitative estimate of drug-likeness (QED) is 0.531.